The average Bonchev–Trinajstić information content (AvgIpc) is 2.32. The summed E-state index contributed by atoms with van der Waals surface area (Å²) in [4.78, 5) is 0. The molecule has 17 heavy (non-hydrogen) atoms. The Morgan fingerprint density at radius 3 is 3.00 bits per heavy atom. The highest BCUT2D eigenvalue weighted by Gasteiger charge is 2.04. The summed E-state index contributed by atoms with van der Waals surface area (Å²) in [6.07, 6.45) is 1.47. The van der Waals surface area contributed by atoms with E-state index in [4.69, 9.17) is 17.0 Å². The second-order valence-corrected chi connectivity index (χ2v) is 3.54. The van der Waals surface area contributed by atoms with Crippen LogP contribution >= 0.6 is 12.2 Å². The van der Waals surface area contributed by atoms with Gasteiger partial charge in [-0.3, -0.25) is 5.43 Å². The summed E-state index contributed by atoms with van der Waals surface area (Å²) >= 11 is 4.93. The van der Waals surface area contributed by atoms with Crippen molar-refractivity contribution in [3.63, 3.8) is 0 Å². The van der Waals surface area contributed by atoms with Crippen molar-refractivity contribution in [3.05, 3.63) is 23.8 Å². The molecule has 1 aromatic carbocycles. The summed E-state index contributed by atoms with van der Waals surface area (Å²) < 4.78 is 4.98. The molecule has 6 heteroatoms. The van der Waals surface area contributed by atoms with Gasteiger partial charge < -0.3 is 15.2 Å². The highest BCUT2D eigenvalue weighted by atomic mass is 32.1. The summed E-state index contributed by atoms with van der Waals surface area (Å²) in [6.45, 7) is 2.66. The number of para-hydroxylation sites is 1. The van der Waals surface area contributed by atoms with Crippen molar-refractivity contribution in [2.45, 2.75) is 6.92 Å². The number of phenolic OH excluding ortho intramolecular Hbond substituents is 1. The quantitative estimate of drug-likeness (QED) is 0.428. The number of ether oxygens (including phenoxy) is 1. The van der Waals surface area contributed by atoms with Gasteiger partial charge in [-0.05, 0) is 31.3 Å². The summed E-state index contributed by atoms with van der Waals surface area (Å²) in [6, 6.07) is 5.16. The Balaban J connectivity index is 2.68. The second kappa shape index (κ2) is 6.70. The molecule has 0 atom stereocenters. The predicted molar refractivity (Wildman–Crippen MR) is 71.7 cm³/mol. The Labute approximate surface area is 105 Å². The van der Waals surface area contributed by atoms with E-state index in [1.807, 2.05) is 6.92 Å². The Morgan fingerprint density at radius 1 is 1.59 bits per heavy atom. The lowest BCUT2D eigenvalue weighted by Crippen LogP contribution is -2.31. The van der Waals surface area contributed by atoms with Crippen LogP contribution in [-0.4, -0.2) is 30.1 Å². The van der Waals surface area contributed by atoms with E-state index in [0.717, 1.165) is 6.54 Å². The molecule has 0 radical (unpaired) electrons. The third kappa shape index (κ3) is 3.92. The first kappa shape index (κ1) is 13.2. The first-order valence-electron chi connectivity index (χ1n) is 5.12. The van der Waals surface area contributed by atoms with Crippen LogP contribution in [0.1, 0.15) is 12.5 Å². The first-order chi connectivity index (χ1) is 8.19. The minimum Gasteiger partial charge on any atom is -0.504 e. The zero-order chi connectivity index (χ0) is 12.7. The van der Waals surface area contributed by atoms with Crippen LogP contribution < -0.4 is 15.5 Å². The topological polar surface area (TPSA) is 65.9 Å². The molecule has 1 aromatic rings. The third-order valence-corrected chi connectivity index (χ3v) is 2.19. The maximum atomic E-state index is 9.76. The van der Waals surface area contributed by atoms with E-state index < -0.39 is 0 Å². The number of hydrogen-bond acceptors (Lipinski definition) is 4. The Morgan fingerprint density at radius 2 is 2.35 bits per heavy atom. The van der Waals surface area contributed by atoms with Crippen molar-refractivity contribution < 1.29 is 9.84 Å². The number of rotatable bonds is 4. The normalized spacial score (nSPS) is 10.2. The van der Waals surface area contributed by atoms with Crippen LogP contribution in [0.4, 0.5) is 0 Å². The van der Waals surface area contributed by atoms with Gasteiger partial charge in [0.05, 0.1) is 13.3 Å². The fourth-order valence-corrected chi connectivity index (χ4v) is 1.37. The minimum absolute atomic E-state index is 0.0509. The molecule has 3 N–H and O–H groups in total. The molecular weight excluding hydrogens is 238 g/mol. The SMILES string of the molecule is CCNC(=S)N/N=C\c1cccc(OC)c1O. The van der Waals surface area contributed by atoms with Gasteiger partial charge in [0.15, 0.2) is 16.6 Å². The molecule has 0 unspecified atom stereocenters. The van der Waals surface area contributed by atoms with Gasteiger partial charge in [0, 0.05) is 12.1 Å². The summed E-state index contributed by atoms with van der Waals surface area (Å²) in [5.74, 6) is 0.457. The van der Waals surface area contributed by atoms with Gasteiger partial charge in [-0.1, -0.05) is 6.07 Å². The molecule has 1 rings (SSSR count). The summed E-state index contributed by atoms with van der Waals surface area (Å²) in [7, 11) is 1.49. The summed E-state index contributed by atoms with van der Waals surface area (Å²) in [5, 5.41) is 17.0. The van der Waals surface area contributed by atoms with Crippen LogP contribution in [0.15, 0.2) is 23.3 Å². The maximum absolute atomic E-state index is 9.76. The van der Waals surface area contributed by atoms with Crippen molar-refractivity contribution >= 4 is 23.5 Å². The molecule has 0 amide bonds. The zero-order valence-electron chi connectivity index (χ0n) is 9.73. The van der Waals surface area contributed by atoms with Crippen LogP contribution in [0.2, 0.25) is 0 Å². The molecule has 0 bridgehead atoms. The lowest BCUT2D eigenvalue weighted by molar-refractivity contribution is 0.373. The number of benzene rings is 1. The Hall–Kier alpha value is -1.82. The van der Waals surface area contributed by atoms with E-state index in [0.29, 0.717) is 16.4 Å². The van der Waals surface area contributed by atoms with Gasteiger partial charge in [0.2, 0.25) is 0 Å². The third-order valence-electron chi connectivity index (χ3n) is 1.96. The van der Waals surface area contributed by atoms with E-state index in [9.17, 15) is 5.11 Å². The van der Waals surface area contributed by atoms with Crippen LogP contribution in [-0.2, 0) is 0 Å². The molecule has 0 aliphatic carbocycles. The van der Waals surface area contributed by atoms with Gasteiger partial charge in [0.25, 0.3) is 0 Å². The van der Waals surface area contributed by atoms with E-state index in [2.05, 4.69) is 15.8 Å². The van der Waals surface area contributed by atoms with Crippen LogP contribution in [0.5, 0.6) is 11.5 Å². The highest BCUT2D eigenvalue weighted by molar-refractivity contribution is 7.80. The largest absolute Gasteiger partial charge is 0.504 e. The molecule has 0 heterocycles. The molecule has 5 nitrogen and oxygen atoms in total. The molecule has 0 spiro atoms. The standard InChI is InChI=1S/C11H15N3O2S/c1-3-12-11(17)14-13-7-8-5-4-6-9(16-2)10(8)15/h4-7,15H,3H2,1-2H3,(H2,12,14,17)/b13-7-. The van der Waals surface area contributed by atoms with E-state index in [1.165, 1.54) is 13.3 Å². The van der Waals surface area contributed by atoms with Crippen molar-refractivity contribution in [3.8, 4) is 11.5 Å². The van der Waals surface area contributed by atoms with E-state index in [1.54, 1.807) is 18.2 Å². The number of hydrazone groups is 1. The summed E-state index contributed by atoms with van der Waals surface area (Å²) in [5.41, 5.74) is 3.19. The fraction of sp³-hybridized carbons (Fsp3) is 0.273. The Kier molecular flexibility index (Phi) is 5.22. The number of nitrogens with zero attached hydrogens (tertiary/aromatic N) is 1. The molecular formula is C11H15N3O2S. The van der Waals surface area contributed by atoms with Crippen molar-refractivity contribution in [2.75, 3.05) is 13.7 Å². The molecule has 0 saturated heterocycles. The average molecular weight is 253 g/mol. The van der Waals surface area contributed by atoms with Crippen molar-refractivity contribution in [2.24, 2.45) is 5.10 Å². The number of aromatic hydroxyl groups is 1. The Bertz CT molecular complexity index is 421. The van der Waals surface area contributed by atoms with Crippen molar-refractivity contribution in [1.29, 1.82) is 0 Å². The van der Waals surface area contributed by atoms with Crippen LogP contribution in [0.3, 0.4) is 0 Å². The van der Waals surface area contributed by atoms with E-state index in [-0.39, 0.29) is 5.75 Å². The number of phenols is 1. The van der Waals surface area contributed by atoms with Gasteiger partial charge >= 0.3 is 0 Å². The molecule has 0 saturated carbocycles. The monoisotopic (exact) mass is 253 g/mol. The lowest BCUT2D eigenvalue weighted by Gasteiger charge is -2.05. The number of hydrogen-bond donors (Lipinski definition) is 3. The first-order valence-corrected chi connectivity index (χ1v) is 5.52. The molecule has 0 aliphatic rings. The van der Waals surface area contributed by atoms with Crippen molar-refractivity contribution in [1.82, 2.24) is 10.7 Å². The fourth-order valence-electron chi connectivity index (χ4n) is 1.17. The molecule has 0 fully saturated rings. The molecule has 0 aromatic heterocycles. The smallest absolute Gasteiger partial charge is 0.186 e. The van der Waals surface area contributed by atoms with Crippen LogP contribution in [0.25, 0.3) is 0 Å². The molecule has 0 aliphatic heterocycles. The highest BCUT2D eigenvalue weighted by Crippen LogP contribution is 2.27. The number of nitrogens with one attached hydrogen (secondary N) is 2. The number of thiocarbonyl (C=S) groups is 1. The van der Waals surface area contributed by atoms with Gasteiger partial charge in [-0.2, -0.15) is 5.10 Å². The minimum atomic E-state index is 0.0509. The number of methoxy groups -OCH3 is 1. The predicted octanol–water partition coefficient (Wildman–Crippen LogP) is 1.22. The molecule has 92 valence electrons. The zero-order valence-corrected chi connectivity index (χ0v) is 10.5. The maximum Gasteiger partial charge on any atom is 0.186 e. The van der Waals surface area contributed by atoms with Gasteiger partial charge in [-0.15, -0.1) is 0 Å². The lowest BCUT2D eigenvalue weighted by atomic mass is 10.2. The van der Waals surface area contributed by atoms with Gasteiger partial charge in [-0.25, -0.2) is 0 Å². The van der Waals surface area contributed by atoms with Gasteiger partial charge in [0.1, 0.15) is 0 Å². The van der Waals surface area contributed by atoms with Crippen LogP contribution in [0, 0.1) is 0 Å². The second-order valence-electron chi connectivity index (χ2n) is 3.13. The van der Waals surface area contributed by atoms with E-state index >= 15 is 0 Å².